The lowest BCUT2D eigenvalue weighted by atomic mass is 10.0. The predicted molar refractivity (Wildman–Crippen MR) is 114 cm³/mol. The van der Waals surface area contributed by atoms with Crippen molar-refractivity contribution in [1.29, 1.82) is 5.26 Å². The lowest BCUT2D eigenvalue weighted by molar-refractivity contribution is -0.384. The quantitative estimate of drug-likeness (QED) is 0.269. The van der Waals surface area contributed by atoms with E-state index < -0.39 is 10.8 Å². The molecule has 0 spiro atoms. The monoisotopic (exact) mass is 401 g/mol. The highest BCUT2D eigenvalue weighted by atomic mass is 16.6. The minimum absolute atomic E-state index is 0.0917. The van der Waals surface area contributed by atoms with E-state index >= 15 is 0 Å². The van der Waals surface area contributed by atoms with Crippen LogP contribution in [0.1, 0.15) is 22.5 Å². The number of carbonyl (C=O) groups is 1. The summed E-state index contributed by atoms with van der Waals surface area (Å²) in [4.78, 5) is 23.4. The van der Waals surface area contributed by atoms with Crippen LogP contribution < -0.4 is 5.32 Å². The van der Waals surface area contributed by atoms with Crippen LogP contribution in [-0.4, -0.2) is 10.8 Å². The number of benzene rings is 2. The summed E-state index contributed by atoms with van der Waals surface area (Å²) >= 11 is 0. The maximum absolute atomic E-state index is 12.6. The summed E-state index contributed by atoms with van der Waals surface area (Å²) in [5, 5.41) is 23.4. The van der Waals surface area contributed by atoms with Gasteiger partial charge in [-0.15, -0.1) is 0 Å². The normalized spacial score (nSPS) is 11.1. The zero-order chi connectivity index (χ0) is 21.8. The molecule has 0 saturated carbocycles. The molecule has 0 aliphatic carbocycles. The minimum atomic E-state index is -0.559. The number of hydrogen-bond donors (Lipinski definition) is 1. The Bertz CT molecular complexity index is 1190. The van der Waals surface area contributed by atoms with Crippen LogP contribution in [0, 0.1) is 42.2 Å². The third kappa shape index (κ3) is 4.28. The number of nitro benzene ring substituents is 1. The van der Waals surface area contributed by atoms with E-state index in [-0.39, 0.29) is 22.8 Å². The number of para-hydroxylation sites is 1. The first-order valence-electron chi connectivity index (χ1n) is 9.14. The fourth-order valence-electron chi connectivity index (χ4n) is 3.27. The number of aryl methyl sites for hydroxylation is 3. The summed E-state index contributed by atoms with van der Waals surface area (Å²) in [5.74, 6) is -0.0418. The number of nitrogens with zero attached hydrogens (tertiary/aromatic N) is 2. The van der Waals surface area contributed by atoms with Gasteiger partial charge in [-0.1, -0.05) is 29.8 Å². The highest BCUT2D eigenvalue weighted by Crippen LogP contribution is 2.31. The van der Waals surface area contributed by atoms with Crippen LogP contribution in [0.25, 0.3) is 17.4 Å². The molecule has 0 bridgehead atoms. The molecule has 1 aromatic heterocycles. The SMILES string of the molecule is Cc1cc(C)c(NC(=O)/C(C#N)=C/c2ccc(-c3ccccc3[N+](=O)[O-])o2)c(C)c1. The molecule has 7 nitrogen and oxygen atoms in total. The predicted octanol–water partition coefficient (Wildman–Crippen LogP) is 5.33. The van der Waals surface area contributed by atoms with Crippen molar-refractivity contribution in [2.75, 3.05) is 5.32 Å². The van der Waals surface area contributed by atoms with Crippen LogP contribution in [0.3, 0.4) is 0 Å². The lowest BCUT2D eigenvalue weighted by Crippen LogP contribution is -2.15. The van der Waals surface area contributed by atoms with Crippen LogP contribution in [0.4, 0.5) is 11.4 Å². The highest BCUT2D eigenvalue weighted by molar-refractivity contribution is 6.10. The standard InChI is InChI=1S/C23H19N3O4/c1-14-10-15(2)22(16(3)11-14)25-23(27)17(13-24)12-18-8-9-21(30-18)19-6-4-5-7-20(19)26(28)29/h4-12H,1-3H3,(H,25,27)/b17-12+. The van der Waals surface area contributed by atoms with Crippen LogP contribution in [0.2, 0.25) is 0 Å². The van der Waals surface area contributed by atoms with Gasteiger partial charge in [-0.25, -0.2) is 0 Å². The van der Waals surface area contributed by atoms with Gasteiger partial charge in [-0.05, 0) is 50.1 Å². The summed E-state index contributed by atoms with van der Waals surface area (Å²) in [6, 6.07) is 15.1. The van der Waals surface area contributed by atoms with Gasteiger partial charge in [0.25, 0.3) is 11.6 Å². The summed E-state index contributed by atoms with van der Waals surface area (Å²) in [7, 11) is 0. The van der Waals surface area contributed by atoms with Crippen LogP contribution in [0.5, 0.6) is 0 Å². The largest absolute Gasteiger partial charge is 0.456 e. The molecular weight excluding hydrogens is 382 g/mol. The number of nitro groups is 1. The van der Waals surface area contributed by atoms with Crippen molar-refractivity contribution < 1.29 is 14.1 Å². The average molecular weight is 401 g/mol. The Labute approximate surface area is 173 Å². The molecule has 150 valence electrons. The van der Waals surface area contributed by atoms with Gasteiger partial charge in [0, 0.05) is 17.8 Å². The Morgan fingerprint density at radius 3 is 2.43 bits per heavy atom. The van der Waals surface area contributed by atoms with Gasteiger partial charge in [0.2, 0.25) is 0 Å². The minimum Gasteiger partial charge on any atom is -0.456 e. The van der Waals surface area contributed by atoms with E-state index in [4.69, 9.17) is 4.42 Å². The Hall–Kier alpha value is -4.18. The number of amides is 1. The third-order valence-corrected chi connectivity index (χ3v) is 4.56. The maximum Gasteiger partial charge on any atom is 0.280 e. The fraction of sp³-hybridized carbons (Fsp3) is 0.130. The second-order valence-corrected chi connectivity index (χ2v) is 6.87. The number of nitriles is 1. The Kier molecular flexibility index (Phi) is 5.79. The zero-order valence-corrected chi connectivity index (χ0v) is 16.7. The number of anilines is 1. The Morgan fingerprint density at radius 1 is 1.13 bits per heavy atom. The lowest BCUT2D eigenvalue weighted by Gasteiger charge is -2.12. The topological polar surface area (TPSA) is 109 Å². The molecule has 0 unspecified atom stereocenters. The van der Waals surface area contributed by atoms with Crippen molar-refractivity contribution >= 4 is 23.4 Å². The molecule has 7 heteroatoms. The molecule has 2 aromatic carbocycles. The first kappa shape index (κ1) is 20.6. The molecule has 0 aliphatic heterocycles. The van der Waals surface area contributed by atoms with E-state index in [0.29, 0.717) is 11.3 Å². The number of hydrogen-bond acceptors (Lipinski definition) is 5. The molecule has 0 aliphatic rings. The van der Waals surface area contributed by atoms with Crippen molar-refractivity contribution in [3.63, 3.8) is 0 Å². The Balaban J connectivity index is 1.89. The molecule has 3 aromatic rings. The van der Waals surface area contributed by atoms with Crippen molar-refractivity contribution in [1.82, 2.24) is 0 Å². The van der Waals surface area contributed by atoms with Crippen LogP contribution in [0.15, 0.2) is 58.5 Å². The number of carbonyl (C=O) groups excluding carboxylic acids is 1. The molecule has 0 atom stereocenters. The van der Waals surface area contributed by atoms with Gasteiger partial charge in [0.05, 0.1) is 10.5 Å². The van der Waals surface area contributed by atoms with Gasteiger partial charge in [-0.2, -0.15) is 5.26 Å². The van der Waals surface area contributed by atoms with E-state index in [2.05, 4.69) is 5.32 Å². The first-order chi connectivity index (χ1) is 14.3. The number of furan rings is 1. The van der Waals surface area contributed by atoms with E-state index in [1.54, 1.807) is 30.3 Å². The van der Waals surface area contributed by atoms with Crippen molar-refractivity contribution in [2.24, 2.45) is 0 Å². The van der Waals surface area contributed by atoms with Gasteiger partial charge < -0.3 is 9.73 Å². The molecule has 1 amide bonds. The molecule has 0 fully saturated rings. The highest BCUT2D eigenvalue weighted by Gasteiger charge is 2.18. The molecule has 30 heavy (non-hydrogen) atoms. The van der Waals surface area contributed by atoms with E-state index in [1.165, 1.54) is 12.1 Å². The van der Waals surface area contributed by atoms with Gasteiger partial charge in [-0.3, -0.25) is 14.9 Å². The first-order valence-corrected chi connectivity index (χ1v) is 9.14. The van der Waals surface area contributed by atoms with Crippen molar-refractivity contribution in [3.05, 3.63) is 86.7 Å². The molecule has 1 N–H and O–H groups in total. The molecular formula is C23H19N3O4. The number of nitrogens with one attached hydrogen (secondary N) is 1. The van der Waals surface area contributed by atoms with Gasteiger partial charge in [0.15, 0.2) is 0 Å². The fourth-order valence-corrected chi connectivity index (χ4v) is 3.27. The molecule has 1 heterocycles. The second-order valence-electron chi connectivity index (χ2n) is 6.87. The van der Waals surface area contributed by atoms with E-state index in [0.717, 1.165) is 16.7 Å². The average Bonchev–Trinajstić information content (AvgIpc) is 3.17. The van der Waals surface area contributed by atoms with Gasteiger partial charge >= 0.3 is 0 Å². The van der Waals surface area contributed by atoms with E-state index in [1.807, 2.05) is 39.0 Å². The van der Waals surface area contributed by atoms with Crippen molar-refractivity contribution in [2.45, 2.75) is 20.8 Å². The van der Waals surface area contributed by atoms with Crippen LogP contribution in [-0.2, 0) is 4.79 Å². The summed E-state index contributed by atoms with van der Waals surface area (Å²) in [5.41, 5.74) is 3.62. The van der Waals surface area contributed by atoms with Crippen LogP contribution >= 0.6 is 0 Å². The summed E-state index contributed by atoms with van der Waals surface area (Å²) in [6.07, 6.45) is 1.31. The summed E-state index contributed by atoms with van der Waals surface area (Å²) in [6.45, 7) is 5.74. The molecule has 0 radical (unpaired) electrons. The molecule has 0 saturated heterocycles. The molecule has 3 rings (SSSR count). The second kappa shape index (κ2) is 8.45. The smallest absolute Gasteiger partial charge is 0.280 e. The Morgan fingerprint density at radius 2 is 1.80 bits per heavy atom. The van der Waals surface area contributed by atoms with Crippen molar-refractivity contribution in [3.8, 4) is 17.4 Å². The maximum atomic E-state index is 12.6. The zero-order valence-electron chi connectivity index (χ0n) is 16.7. The summed E-state index contributed by atoms with van der Waals surface area (Å²) < 4.78 is 5.64. The number of rotatable bonds is 5. The van der Waals surface area contributed by atoms with E-state index in [9.17, 15) is 20.2 Å². The van der Waals surface area contributed by atoms with Gasteiger partial charge in [0.1, 0.15) is 23.2 Å². The third-order valence-electron chi connectivity index (χ3n) is 4.56.